The zero-order chi connectivity index (χ0) is 34.8. The number of rotatable bonds is 5. The monoisotopic (exact) mass is 665 g/mol. The lowest BCUT2D eigenvalue weighted by molar-refractivity contribution is 0.660. The first-order valence-electron chi connectivity index (χ1n) is 18.0. The van der Waals surface area contributed by atoms with Gasteiger partial charge in [-0.1, -0.05) is 166 Å². The lowest BCUT2D eigenvalue weighted by Crippen LogP contribution is -2.15. The highest BCUT2D eigenvalue weighted by molar-refractivity contribution is 5.90. The number of aromatic nitrogens is 3. The Labute approximate surface area is 304 Å². The smallest absolute Gasteiger partial charge is 0.164 e. The second-order valence-corrected chi connectivity index (χ2v) is 14.4. The van der Waals surface area contributed by atoms with Crippen LogP contribution in [0.1, 0.15) is 36.1 Å². The van der Waals surface area contributed by atoms with Crippen molar-refractivity contribution in [3.05, 3.63) is 186 Å². The van der Waals surface area contributed by atoms with Crippen molar-refractivity contribution in [1.29, 1.82) is 0 Å². The van der Waals surface area contributed by atoms with Crippen LogP contribution in [-0.4, -0.2) is 15.0 Å². The van der Waals surface area contributed by atoms with E-state index in [0.29, 0.717) is 17.5 Å². The third-order valence-electron chi connectivity index (χ3n) is 11.0. The van der Waals surface area contributed by atoms with Crippen molar-refractivity contribution in [2.45, 2.75) is 25.7 Å². The van der Waals surface area contributed by atoms with Crippen LogP contribution < -0.4 is 0 Å². The molecule has 10 rings (SSSR count). The van der Waals surface area contributed by atoms with Gasteiger partial charge in [0.05, 0.1) is 0 Å². The lowest BCUT2D eigenvalue weighted by Gasteiger charge is -2.21. The summed E-state index contributed by atoms with van der Waals surface area (Å²) in [6.45, 7) is 4.62. The van der Waals surface area contributed by atoms with Crippen molar-refractivity contribution >= 4 is 0 Å². The Balaban J connectivity index is 1.08. The van der Waals surface area contributed by atoms with Crippen molar-refractivity contribution in [1.82, 2.24) is 15.0 Å². The van der Waals surface area contributed by atoms with Crippen LogP contribution in [0.5, 0.6) is 0 Å². The summed E-state index contributed by atoms with van der Waals surface area (Å²) in [6, 6.07) is 58.5. The van der Waals surface area contributed by atoms with Gasteiger partial charge < -0.3 is 0 Å². The zero-order valence-corrected chi connectivity index (χ0v) is 29.1. The summed E-state index contributed by atoms with van der Waals surface area (Å²) in [7, 11) is 0. The van der Waals surface area contributed by atoms with E-state index in [1.54, 1.807) is 0 Å². The topological polar surface area (TPSA) is 38.7 Å². The highest BCUT2D eigenvalue weighted by Gasteiger charge is 2.35. The molecule has 0 fully saturated rings. The van der Waals surface area contributed by atoms with Gasteiger partial charge in [-0.05, 0) is 85.3 Å². The molecule has 0 saturated carbocycles. The molecule has 0 bridgehead atoms. The average molecular weight is 666 g/mol. The molecule has 0 saturated heterocycles. The van der Waals surface area contributed by atoms with Gasteiger partial charge in [0.2, 0.25) is 0 Å². The van der Waals surface area contributed by atoms with Gasteiger partial charge in [0.25, 0.3) is 0 Å². The molecule has 0 spiro atoms. The third kappa shape index (κ3) is 4.85. The highest BCUT2D eigenvalue weighted by atomic mass is 15.0. The Kier molecular flexibility index (Phi) is 6.91. The molecule has 0 radical (unpaired) electrons. The van der Waals surface area contributed by atoms with Gasteiger partial charge in [-0.2, -0.15) is 0 Å². The number of nitrogens with zero attached hydrogens (tertiary/aromatic N) is 3. The van der Waals surface area contributed by atoms with Gasteiger partial charge in [-0.15, -0.1) is 0 Å². The van der Waals surface area contributed by atoms with Gasteiger partial charge in [-0.3, -0.25) is 0 Å². The van der Waals surface area contributed by atoms with Gasteiger partial charge in [0.15, 0.2) is 17.5 Å². The van der Waals surface area contributed by atoms with Crippen LogP contribution in [0.3, 0.4) is 0 Å². The summed E-state index contributed by atoms with van der Waals surface area (Å²) in [4.78, 5) is 15.4. The molecule has 8 aromatic rings. The first-order valence-corrected chi connectivity index (χ1v) is 18.0. The summed E-state index contributed by atoms with van der Waals surface area (Å²) < 4.78 is 0. The van der Waals surface area contributed by atoms with Crippen LogP contribution in [0.25, 0.3) is 78.7 Å². The molecule has 2 aliphatic carbocycles. The minimum absolute atomic E-state index is 0.119. The van der Waals surface area contributed by atoms with E-state index in [9.17, 15) is 0 Å². The quantitative estimate of drug-likeness (QED) is 0.184. The van der Waals surface area contributed by atoms with Crippen LogP contribution in [0.15, 0.2) is 164 Å². The molecule has 52 heavy (non-hydrogen) atoms. The molecule has 1 aromatic heterocycles. The fourth-order valence-corrected chi connectivity index (χ4v) is 8.41. The highest BCUT2D eigenvalue weighted by Crippen LogP contribution is 2.50. The summed E-state index contributed by atoms with van der Waals surface area (Å²) in [5.41, 5.74) is 18.4. The van der Waals surface area contributed by atoms with Crippen LogP contribution in [-0.2, 0) is 11.8 Å². The van der Waals surface area contributed by atoms with Crippen molar-refractivity contribution < 1.29 is 0 Å². The van der Waals surface area contributed by atoms with Crippen molar-refractivity contribution in [2.24, 2.45) is 0 Å². The number of fused-ring (bicyclic) bond motifs is 6. The Bertz CT molecular complexity index is 2670. The fraction of sp³-hybridized carbons (Fsp3) is 0.0816. The number of hydrogen-bond acceptors (Lipinski definition) is 3. The van der Waals surface area contributed by atoms with Crippen molar-refractivity contribution in [3.63, 3.8) is 0 Å². The molecule has 3 nitrogen and oxygen atoms in total. The van der Waals surface area contributed by atoms with Crippen molar-refractivity contribution in [3.8, 4) is 78.7 Å². The number of benzene rings is 7. The van der Waals surface area contributed by atoms with Crippen molar-refractivity contribution in [2.75, 3.05) is 0 Å². The van der Waals surface area contributed by atoms with E-state index in [1.165, 1.54) is 61.2 Å². The maximum atomic E-state index is 5.18. The third-order valence-corrected chi connectivity index (χ3v) is 11.0. The standard InChI is InChI=1S/C49H35N3/c1-49(2)44-25-10-9-20-40(44)41-27-26-35(29-45(41)49)48-51-46(32-16-7-4-8-17-32)50-47(52-48)34-19-11-18-33(28-34)37-22-13-24-39-38-23-12-21-36(42(38)30-43(37)39)31-14-5-3-6-15-31/h3-29H,30H2,1-2H3. The van der Waals surface area contributed by atoms with Gasteiger partial charge in [0, 0.05) is 22.1 Å². The second-order valence-electron chi connectivity index (χ2n) is 14.4. The molecular formula is C49H35N3. The first kappa shape index (κ1) is 30.4. The molecule has 0 unspecified atom stereocenters. The summed E-state index contributed by atoms with van der Waals surface area (Å²) in [6.07, 6.45) is 0.892. The van der Waals surface area contributed by atoms with E-state index in [1.807, 2.05) is 18.2 Å². The van der Waals surface area contributed by atoms with E-state index in [0.717, 1.165) is 28.7 Å². The summed E-state index contributed by atoms with van der Waals surface area (Å²) in [5.74, 6) is 2.00. The fourth-order valence-electron chi connectivity index (χ4n) is 8.41. The van der Waals surface area contributed by atoms with Gasteiger partial charge in [0.1, 0.15) is 0 Å². The average Bonchev–Trinajstić information content (AvgIpc) is 3.70. The summed E-state index contributed by atoms with van der Waals surface area (Å²) in [5, 5.41) is 0. The lowest BCUT2D eigenvalue weighted by atomic mass is 9.82. The Hall–Kier alpha value is -6.45. The van der Waals surface area contributed by atoms with E-state index >= 15 is 0 Å². The second kappa shape index (κ2) is 11.8. The van der Waals surface area contributed by atoms with E-state index in [2.05, 4.69) is 159 Å². The molecule has 246 valence electrons. The Morgan fingerprint density at radius 3 is 1.50 bits per heavy atom. The van der Waals surface area contributed by atoms with E-state index in [4.69, 9.17) is 15.0 Å². The molecule has 0 aliphatic heterocycles. The summed E-state index contributed by atoms with van der Waals surface area (Å²) >= 11 is 0. The van der Waals surface area contributed by atoms with Gasteiger partial charge in [-0.25, -0.2) is 15.0 Å². The Morgan fingerprint density at radius 2 is 0.808 bits per heavy atom. The Morgan fingerprint density at radius 1 is 0.346 bits per heavy atom. The SMILES string of the molecule is CC1(C)c2ccccc2-c2ccc(-c3nc(-c4ccccc4)nc(-c4cccc(-c5cccc6c5Cc5c(-c7ccccc7)cccc5-6)c4)n3)cc21. The largest absolute Gasteiger partial charge is 0.208 e. The molecule has 1 heterocycles. The first-order chi connectivity index (χ1) is 25.5. The maximum absolute atomic E-state index is 5.18. The maximum Gasteiger partial charge on any atom is 0.164 e. The normalized spacial score (nSPS) is 13.3. The van der Waals surface area contributed by atoms with E-state index in [-0.39, 0.29) is 5.41 Å². The van der Waals surface area contributed by atoms with Crippen LogP contribution in [0, 0.1) is 0 Å². The minimum atomic E-state index is -0.119. The molecular weight excluding hydrogens is 631 g/mol. The predicted molar refractivity (Wildman–Crippen MR) is 213 cm³/mol. The molecule has 7 aromatic carbocycles. The predicted octanol–water partition coefficient (Wildman–Crippen LogP) is 12.1. The molecule has 0 atom stereocenters. The van der Waals surface area contributed by atoms with Crippen LogP contribution >= 0.6 is 0 Å². The molecule has 0 amide bonds. The number of hydrogen-bond donors (Lipinski definition) is 0. The zero-order valence-electron chi connectivity index (χ0n) is 29.1. The van der Waals surface area contributed by atoms with Crippen LogP contribution in [0.4, 0.5) is 0 Å². The molecule has 0 N–H and O–H groups in total. The molecule has 2 aliphatic rings. The van der Waals surface area contributed by atoms with Crippen LogP contribution in [0.2, 0.25) is 0 Å². The molecule has 3 heteroatoms. The minimum Gasteiger partial charge on any atom is -0.208 e. The van der Waals surface area contributed by atoms with E-state index < -0.39 is 0 Å². The van der Waals surface area contributed by atoms with Gasteiger partial charge >= 0.3 is 0 Å².